The molecule has 1 aliphatic carbocycles. The van der Waals surface area contributed by atoms with E-state index >= 15 is 0 Å². The molecular weight excluding hydrogens is 482 g/mol. The van der Waals surface area contributed by atoms with Gasteiger partial charge in [0.15, 0.2) is 0 Å². The fraction of sp³-hybridized carbons (Fsp3) is 0.385. The molecule has 2 fully saturated rings. The van der Waals surface area contributed by atoms with Gasteiger partial charge in [-0.3, -0.25) is 9.59 Å². The van der Waals surface area contributed by atoms with Gasteiger partial charge in [0.25, 0.3) is 5.91 Å². The van der Waals surface area contributed by atoms with Crippen LogP contribution in [-0.2, 0) is 4.79 Å². The molecule has 2 heterocycles. The quantitative estimate of drug-likeness (QED) is 0.319. The summed E-state index contributed by atoms with van der Waals surface area (Å²) in [4.78, 5) is 28.0. The second-order valence-electron chi connectivity index (χ2n) is 9.26. The number of aliphatic hydroxyl groups is 1. The average Bonchev–Trinajstić information content (AvgIpc) is 3.31. The molecule has 9 nitrogen and oxygen atoms in total. The molecule has 0 radical (unpaired) electrons. The maximum atomic E-state index is 13.0. The summed E-state index contributed by atoms with van der Waals surface area (Å²) in [5, 5.41) is 22.1. The van der Waals surface area contributed by atoms with Gasteiger partial charge in [-0.15, -0.1) is 5.10 Å². The smallest absolute Gasteiger partial charge is 0.292 e. The van der Waals surface area contributed by atoms with Gasteiger partial charge in [-0.1, -0.05) is 22.9 Å². The molecule has 2 aromatic carbocycles. The van der Waals surface area contributed by atoms with Crippen LogP contribution in [0.3, 0.4) is 0 Å². The highest BCUT2D eigenvalue weighted by molar-refractivity contribution is 6.42. The van der Waals surface area contributed by atoms with Crippen molar-refractivity contribution in [2.75, 3.05) is 19.6 Å². The molecule has 2 N–H and O–H groups in total. The van der Waals surface area contributed by atoms with E-state index in [0.717, 1.165) is 44.5 Å². The first-order valence-electron chi connectivity index (χ1n) is 12.2. The normalized spacial score (nSPS) is 17.5. The molecule has 5 rings (SSSR count). The van der Waals surface area contributed by atoms with Crippen LogP contribution in [-0.4, -0.2) is 68.5 Å². The van der Waals surface area contributed by atoms with Crippen LogP contribution in [0.15, 0.2) is 54.9 Å². The summed E-state index contributed by atoms with van der Waals surface area (Å²) < 4.78 is 7.35. The second kappa shape index (κ2) is 10.8. The number of nitrogens with zero attached hydrogens (tertiary/aromatic N) is 4. The predicted octanol–water partition coefficient (Wildman–Crippen LogP) is 2.96. The van der Waals surface area contributed by atoms with Crippen molar-refractivity contribution >= 4 is 23.3 Å². The lowest BCUT2D eigenvalue weighted by Crippen LogP contribution is -2.48. The molecule has 0 unspecified atom stereocenters. The Hall–Kier alpha value is -3.27. The van der Waals surface area contributed by atoms with Crippen molar-refractivity contribution in [2.24, 2.45) is 0 Å². The van der Waals surface area contributed by atoms with Gasteiger partial charge in [0.05, 0.1) is 35.2 Å². The topological polar surface area (TPSA) is 110 Å². The Balaban J connectivity index is 1.30. The molecular formula is C26H28ClN5O4. The molecule has 188 valence electrons. The number of rotatable bonds is 10. The minimum atomic E-state index is -1.05. The van der Waals surface area contributed by atoms with Crippen LogP contribution in [0.1, 0.15) is 47.7 Å². The Kier molecular flexibility index (Phi) is 7.31. The number of ketones is 1. The molecule has 1 saturated carbocycles. The van der Waals surface area contributed by atoms with Gasteiger partial charge >= 0.3 is 0 Å². The third-order valence-electron chi connectivity index (χ3n) is 6.49. The Morgan fingerprint density at radius 1 is 1.14 bits per heavy atom. The number of aliphatic hydroxyl groups excluding tert-OH is 1. The van der Waals surface area contributed by atoms with Gasteiger partial charge in [0.1, 0.15) is 11.9 Å². The van der Waals surface area contributed by atoms with Gasteiger partial charge in [0, 0.05) is 12.1 Å². The number of nitrogens with one attached hydrogen (secondary N) is 1. The first-order chi connectivity index (χ1) is 17.5. The van der Waals surface area contributed by atoms with Crippen LogP contribution in [0.5, 0.6) is 5.75 Å². The van der Waals surface area contributed by atoms with Crippen molar-refractivity contribution in [3.63, 3.8) is 0 Å². The summed E-state index contributed by atoms with van der Waals surface area (Å²) in [6, 6.07) is 11.0. The number of Topliss-reactive ketones (excluding diaryl/α,β-unsaturated/α-hetero) is 1. The predicted molar refractivity (Wildman–Crippen MR) is 133 cm³/mol. The van der Waals surface area contributed by atoms with Crippen LogP contribution in [0.2, 0.25) is 5.02 Å². The molecule has 1 aliphatic heterocycles. The van der Waals surface area contributed by atoms with E-state index in [0.29, 0.717) is 22.9 Å². The van der Waals surface area contributed by atoms with E-state index in [2.05, 4.69) is 20.5 Å². The van der Waals surface area contributed by atoms with E-state index in [-0.39, 0.29) is 11.7 Å². The van der Waals surface area contributed by atoms with Gasteiger partial charge < -0.3 is 20.1 Å². The molecule has 0 bridgehead atoms. The SMILES string of the molecule is O=C(N[C@H](CN1CCCC1)[C@H](O)c1ccc(OC2CC2)c(Cl)c1)C(=O)c1ccc(-n2ccnn2)cc1. The maximum Gasteiger partial charge on any atom is 0.292 e. The van der Waals surface area contributed by atoms with Crippen molar-refractivity contribution in [1.82, 2.24) is 25.2 Å². The summed E-state index contributed by atoms with van der Waals surface area (Å²) in [5.41, 5.74) is 1.52. The number of aromatic nitrogens is 3. The van der Waals surface area contributed by atoms with E-state index in [4.69, 9.17) is 16.3 Å². The number of amides is 1. The zero-order valence-electron chi connectivity index (χ0n) is 19.7. The standard InChI is InChI=1S/C26H28ClN5O4/c27-21-15-18(5-10-23(21)36-20-8-9-20)24(33)22(16-31-12-1-2-13-31)29-26(35)25(34)17-3-6-19(7-4-17)32-14-11-28-30-32/h3-7,10-11,14-15,20,22,24,33H,1-2,8-9,12-13,16H2,(H,29,35)/t22-,24-/m1/s1. The van der Waals surface area contributed by atoms with Gasteiger partial charge in [-0.25, -0.2) is 4.68 Å². The Bertz CT molecular complexity index is 1210. The average molecular weight is 510 g/mol. The third-order valence-corrected chi connectivity index (χ3v) is 6.78. The van der Waals surface area contributed by atoms with Crippen molar-refractivity contribution in [2.45, 2.75) is 43.9 Å². The van der Waals surface area contributed by atoms with Gasteiger partial charge in [-0.05, 0) is 80.7 Å². The monoisotopic (exact) mass is 509 g/mol. The zero-order valence-corrected chi connectivity index (χ0v) is 20.5. The van der Waals surface area contributed by atoms with Crippen LogP contribution in [0.4, 0.5) is 0 Å². The number of carbonyl (C=O) groups excluding carboxylic acids is 2. The summed E-state index contributed by atoms with van der Waals surface area (Å²) >= 11 is 6.41. The van der Waals surface area contributed by atoms with Crippen LogP contribution in [0.25, 0.3) is 5.69 Å². The molecule has 1 saturated heterocycles. The lowest BCUT2D eigenvalue weighted by molar-refractivity contribution is -0.118. The lowest BCUT2D eigenvalue weighted by atomic mass is 10.0. The lowest BCUT2D eigenvalue weighted by Gasteiger charge is -2.28. The molecule has 36 heavy (non-hydrogen) atoms. The van der Waals surface area contributed by atoms with E-state index < -0.39 is 23.8 Å². The summed E-state index contributed by atoms with van der Waals surface area (Å²) in [6.45, 7) is 2.18. The number of hydrogen-bond donors (Lipinski definition) is 2. The highest BCUT2D eigenvalue weighted by Crippen LogP contribution is 2.34. The van der Waals surface area contributed by atoms with E-state index in [1.165, 1.54) is 0 Å². The molecule has 1 amide bonds. The van der Waals surface area contributed by atoms with E-state index in [1.807, 2.05) is 0 Å². The largest absolute Gasteiger partial charge is 0.489 e. The Morgan fingerprint density at radius 3 is 2.53 bits per heavy atom. The Morgan fingerprint density at radius 2 is 1.89 bits per heavy atom. The van der Waals surface area contributed by atoms with Crippen molar-refractivity contribution in [3.05, 3.63) is 71.0 Å². The number of carbonyl (C=O) groups is 2. The number of benzene rings is 2. The number of hydrogen-bond acceptors (Lipinski definition) is 7. The van der Waals surface area contributed by atoms with Gasteiger partial charge in [-0.2, -0.15) is 0 Å². The van der Waals surface area contributed by atoms with Gasteiger partial charge in [0.2, 0.25) is 5.78 Å². The molecule has 1 aromatic heterocycles. The van der Waals surface area contributed by atoms with Crippen LogP contribution < -0.4 is 10.1 Å². The second-order valence-corrected chi connectivity index (χ2v) is 9.67. The summed E-state index contributed by atoms with van der Waals surface area (Å²) in [6.07, 6.45) is 6.55. The molecule has 2 atom stereocenters. The third kappa shape index (κ3) is 5.75. The summed E-state index contributed by atoms with van der Waals surface area (Å²) in [7, 11) is 0. The number of halogens is 1. The molecule has 0 spiro atoms. The fourth-order valence-electron chi connectivity index (χ4n) is 4.34. The van der Waals surface area contributed by atoms with E-state index in [9.17, 15) is 14.7 Å². The Labute approximate surface area is 214 Å². The summed E-state index contributed by atoms with van der Waals surface area (Å²) in [5.74, 6) is -0.865. The molecule has 2 aliphatic rings. The minimum absolute atomic E-state index is 0.205. The highest BCUT2D eigenvalue weighted by atomic mass is 35.5. The first kappa shape index (κ1) is 24.4. The zero-order chi connectivity index (χ0) is 25.1. The highest BCUT2D eigenvalue weighted by Gasteiger charge is 2.30. The van der Waals surface area contributed by atoms with Crippen LogP contribution in [0, 0.1) is 0 Å². The minimum Gasteiger partial charge on any atom is -0.489 e. The molecule has 3 aromatic rings. The number of likely N-dealkylation sites (tertiary alicyclic amines) is 1. The van der Waals surface area contributed by atoms with Crippen LogP contribution >= 0.6 is 11.6 Å². The maximum absolute atomic E-state index is 13.0. The van der Waals surface area contributed by atoms with Crippen molar-refractivity contribution in [3.8, 4) is 11.4 Å². The van der Waals surface area contributed by atoms with Crippen molar-refractivity contribution in [1.29, 1.82) is 0 Å². The van der Waals surface area contributed by atoms with Crippen molar-refractivity contribution < 1.29 is 19.4 Å². The molecule has 10 heteroatoms. The first-order valence-corrected chi connectivity index (χ1v) is 12.5. The number of ether oxygens (including phenoxy) is 1. The fourth-order valence-corrected chi connectivity index (χ4v) is 4.57. The van der Waals surface area contributed by atoms with E-state index in [1.54, 1.807) is 59.5 Å².